The van der Waals surface area contributed by atoms with E-state index < -0.39 is 34.2 Å². The van der Waals surface area contributed by atoms with E-state index in [-0.39, 0.29) is 61.2 Å². The van der Waals surface area contributed by atoms with Crippen molar-refractivity contribution in [3.8, 4) is 0 Å². The molecule has 1 atom stereocenters. The Labute approximate surface area is 241 Å². The number of Topliss-reactive ketones (excluding diaryl/α,β-unsaturated/α-hetero) is 1. The summed E-state index contributed by atoms with van der Waals surface area (Å²) in [6.45, 7) is 12.1. The number of amides is 1. The summed E-state index contributed by atoms with van der Waals surface area (Å²) in [7, 11) is -3.97. The Morgan fingerprint density at radius 2 is 1.44 bits per heavy atom. The van der Waals surface area contributed by atoms with E-state index in [0.717, 1.165) is 21.6 Å². The number of benzene rings is 1. The van der Waals surface area contributed by atoms with Crippen LogP contribution in [0.4, 0.5) is 18.0 Å². The van der Waals surface area contributed by atoms with Crippen LogP contribution in [0.25, 0.3) is 0 Å². The van der Waals surface area contributed by atoms with Crippen LogP contribution in [0.2, 0.25) is 0 Å². The SMILES string of the molecule is CC(C)c1cc(C(C)C)c(S(=O)(=O)N2CCN(C(=O)OC(C(=O)CC3CCOCC3)C(F)(F)F)CC2)c(C(C)C)c1. The Hall–Kier alpha value is -2.18. The molecule has 12 heteroatoms. The molecule has 2 saturated heterocycles. The fraction of sp³-hybridized carbons (Fsp3) is 0.724. The molecule has 0 radical (unpaired) electrons. The van der Waals surface area contributed by atoms with E-state index in [4.69, 9.17) is 9.47 Å². The highest BCUT2D eigenvalue weighted by Crippen LogP contribution is 2.37. The number of hydrogen-bond acceptors (Lipinski definition) is 6. The lowest BCUT2D eigenvalue weighted by molar-refractivity contribution is -0.206. The van der Waals surface area contributed by atoms with Crippen LogP contribution in [-0.2, 0) is 24.3 Å². The Kier molecular flexibility index (Phi) is 10.9. The van der Waals surface area contributed by atoms with Gasteiger partial charge in [-0.25, -0.2) is 13.2 Å². The van der Waals surface area contributed by atoms with Crippen LogP contribution in [0, 0.1) is 5.92 Å². The molecular weight excluding hydrogens is 561 g/mol. The van der Waals surface area contributed by atoms with Gasteiger partial charge in [0.2, 0.25) is 10.0 Å². The van der Waals surface area contributed by atoms with Crippen molar-refractivity contribution in [3.63, 3.8) is 0 Å². The second kappa shape index (κ2) is 13.4. The van der Waals surface area contributed by atoms with Crippen LogP contribution in [0.3, 0.4) is 0 Å². The van der Waals surface area contributed by atoms with Crippen molar-refractivity contribution >= 4 is 21.9 Å². The van der Waals surface area contributed by atoms with Crippen molar-refractivity contribution in [3.05, 3.63) is 28.8 Å². The van der Waals surface area contributed by atoms with Crippen molar-refractivity contribution in [2.24, 2.45) is 5.92 Å². The van der Waals surface area contributed by atoms with Gasteiger partial charge < -0.3 is 14.4 Å². The first-order valence-electron chi connectivity index (χ1n) is 14.3. The molecule has 0 bridgehead atoms. The highest BCUT2D eigenvalue weighted by Gasteiger charge is 2.49. The molecule has 0 saturated carbocycles. The smallest absolute Gasteiger partial charge is 0.428 e. The maximum atomic E-state index is 14.0. The number of halogens is 3. The highest BCUT2D eigenvalue weighted by atomic mass is 32.2. The third-order valence-electron chi connectivity index (χ3n) is 7.81. The van der Waals surface area contributed by atoms with Gasteiger partial charge in [0.05, 0.1) is 4.90 Å². The van der Waals surface area contributed by atoms with Gasteiger partial charge in [0, 0.05) is 45.8 Å². The molecule has 2 aliphatic heterocycles. The number of ether oxygens (including phenoxy) is 2. The lowest BCUT2D eigenvalue weighted by Gasteiger charge is -2.35. The van der Waals surface area contributed by atoms with Crippen LogP contribution in [0.1, 0.15) is 95.2 Å². The second-order valence-corrected chi connectivity index (χ2v) is 13.8. The zero-order valence-electron chi connectivity index (χ0n) is 24.8. The minimum absolute atomic E-state index is 0.0646. The van der Waals surface area contributed by atoms with Gasteiger partial charge in [0.15, 0.2) is 5.78 Å². The van der Waals surface area contributed by atoms with Crippen molar-refractivity contribution in [2.45, 2.75) is 95.7 Å². The first kappa shape index (κ1) is 33.3. The van der Waals surface area contributed by atoms with Crippen LogP contribution >= 0.6 is 0 Å². The van der Waals surface area contributed by atoms with Crippen LogP contribution in [0.15, 0.2) is 17.0 Å². The molecule has 1 unspecified atom stereocenters. The predicted octanol–water partition coefficient (Wildman–Crippen LogP) is 5.82. The zero-order chi connectivity index (χ0) is 30.7. The van der Waals surface area contributed by atoms with Gasteiger partial charge in [-0.1, -0.05) is 53.7 Å². The van der Waals surface area contributed by atoms with Crippen LogP contribution in [0.5, 0.6) is 0 Å². The number of carbonyl (C=O) groups is 2. The molecule has 0 aromatic heterocycles. The molecule has 0 N–H and O–H groups in total. The number of rotatable bonds is 9. The van der Waals surface area contributed by atoms with Gasteiger partial charge >= 0.3 is 12.3 Å². The Morgan fingerprint density at radius 1 is 0.927 bits per heavy atom. The van der Waals surface area contributed by atoms with E-state index in [1.165, 1.54) is 4.31 Å². The molecule has 232 valence electrons. The van der Waals surface area contributed by atoms with Gasteiger partial charge in [-0.05, 0) is 53.2 Å². The molecule has 0 aliphatic carbocycles. The van der Waals surface area contributed by atoms with Gasteiger partial charge in [-0.15, -0.1) is 0 Å². The number of nitrogens with zero attached hydrogens (tertiary/aromatic N) is 2. The van der Waals surface area contributed by atoms with E-state index in [0.29, 0.717) is 26.1 Å². The number of sulfonamides is 1. The van der Waals surface area contributed by atoms with E-state index in [1.54, 1.807) is 0 Å². The quantitative estimate of drug-likeness (QED) is 0.353. The van der Waals surface area contributed by atoms with E-state index in [2.05, 4.69) is 13.8 Å². The minimum Gasteiger partial charge on any atom is -0.428 e. The highest BCUT2D eigenvalue weighted by molar-refractivity contribution is 7.89. The molecule has 2 heterocycles. The summed E-state index contributed by atoms with van der Waals surface area (Å²) in [4.78, 5) is 26.5. The van der Waals surface area contributed by atoms with E-state index >= 15 is 0 Å². The first-order valence-corrected chi connectivity index (χ1v) is 15.8. The van der Waals surface area contributed by atoms with Gasteiger partial charge in [0.1, 0.15) is 0 Å². The lowest BCUT2D eigenvalue weighted by atomic mass is 9.89. The van der Waals surface area contributed by atoms with Crippen molar-refractivity contribution < 1.29 is 40.7 Å². The predicted molar refractivity (Wildman–Crippen MR) is 149 cm³/mol. The van der Waals surface area contributed by atoms with Crippen molar-refractivity contribution in [1.29, 1.82) is 0 Å². The summed E-state index contributed by atoms with van der Waals surface area (Å²) in [6.07, 6.45) is -8.60. The molecule has 2 aliphatic rings. The maximum Gasteiger partial charge on any atom is 0.432 e. The number of alkyl halides is 3. The summed E-state index contributed by atoms with van der Waals surface area (Å²) in [5.41, 5.74) is 2.49. The molecule has 2 fully saturated rings. The Balaban J connectivity index is 1.76. The summed E-state index contributed by atoms with van der Waals surface area (Å²) >= 11 is 0. The molecular formula is C29H43F3N2O6S. The third-order valence-corrected chi connectivity index (χ3v) is 9.85. The molecule has 1 aromatic rings. The topological polar surface area (TPSA) is 93.2 Å². The van der Waals surface area contributed by atoms with Gasteiger partial charge in [-0.3, -0.25) is 4.79 Å². The molecule has 0 spiro atoms. The van der Waals surface area contributed by atoms with Gasteiger partial charge in [-0.2, -0.15) is 17.5 Å². The fourth-order valence-electron chi connectivity index (χ4n) is 5.26. The Morgan fingerprint density at radius 3 is 1.88 bits per heavy atom. The molecule has 3 rings (SSSR count). The van der Waals surface area contributed by atoms with Gasteiger partial charge in [0.25, 0.3) is 6.10 Å². The number of ketones is 1. The standard InChI is InChI=1S/C29H43F3N2O6S/c1-18(2)22-16-23(19(3)4)26(24(17-22)20(5)6)41(37,38)34-11-9-33(10-12-34)28(36)40-27(29(30,31)32)25(35)15-21-7-13-39-14-8-21/h16-21,27H,7-15H2,1-6H3. The monoisotopic (exact) mass is 604 g/mol. The normalized spacial score (nSPS) is 18.8. The van der Waals surface area contributed by atoms with Crippen molar-refractivity contribution in [2.75, 3.05) is 39.4 Å². The zero-order valence-corrected chi connectivity index (χ0v) is 25.6. The number of hydrogen-bond donors (Lipinski definition) is 0. The average Bonchev–Trinajstić information content (AvgIpc) is 2.90. The third kappa shape index (κ3) is 8.01. The first-order chi connectivity index (χ1) is 19.0. The second-order valence-electron chi connectivity index (χ2n) is 11.9. The lowest BCUT2D eigenvalue weighted by Crippen LogP contribution is -2.52. The number of carbonyl (C=O) groups excluding carboxylic acids is 2. The van der Waals surface area contributed by atoms with Crippen LogP contribution < -0.4 is 0 Å². The average molecular weight is 605 g/mol. The molecule has 1 amide bonds. The fourth-order valence-corrected chi connectivity index (χ4v) is 7.35. The molecule has 1 aromatic carbocycles. The summed E-state index contributed by atoms with van der Waals surface area (Å²) in [6, 6.07) is 3.88. The maximum absolute atomic E-state index is 14.0. The minimum atomic E-state index is -5.05. The van der Waals surface area contributed by atoms with E-state index in [1.807, 2.05) is 39.8 Å². The molecule has 8 nitrogen and oxygen atoms in total. The number of piperazine rings is 1. The summed E-state index contributed by atoms with van der Waals surface area (Å²) in [5, 5.41) is 0. The summed E-state index contributed by atoms with van der Waals surface area (Å²) in [5.74, 6) is -1.36. The van der Waals surface area contributed by atoms with E-state index in [9.17, 15) is 31.2 Å². The Bertz CT molecular complexity index is 1160. The largest absolute Gasteiger partial charge is 0.432 e. The summed E-state index contributed by atoms with van der Waals surface area (Å²) < 4.78 is 80.3. The van der Waals surface area contributed by atoms with Crippen molar-refractivity contribution in [1.82, 2.24) is 9.21 Å². The van der Waals surface area contributed by atoms with Crippen LogP contribution in [-0.4, -0.2) is 81.2 Å². The molecule has 41 heavy (non-hydrogen) atoms.